The van der Waals surface area contributed by atoms with Gasteiger partial charge in [0.25, 0.3) is 5.91 Å². The lowest BCUT2D eigenvalue weighted by Crippen LogP contribution is -2.48. The van der Waals surface area contributed by atoms with Crippen molar-refractivity contribution in [1.29, 1.82) is 0 Å². The summed E-state index contributed by atoms with van der Waals surface area (Å²) in [5, 5.41) is 2.74. The molecule has 0 spiro atoms. The van der Waals surface area contributed by atoms with Crippen LogP contribution in [0.3, 0.4) is 0 Å². The number of amides is 2. The van der Waals surface area contributed by atoms with Crippen molar-refractivity contribution >= 4 is 23.2 Å². The van der Waals surface area contributed by atoms with Gasteiger partial charge in [0.2, 0.25) is 11.8 Å². The Morgan fingerprint density at radius 3 is 2.36 bits per heavy atom. The van der Waals surface area contributed by atoms with E-state index in [0.717, 1.165) is 31.9 Å². The lowest BCUT2D eigenvalue weighted by atomic mass is 10.2. The van der Waals surface area contributed by atoms with Gasteiger partial charge in [-0.1, -0.05) is 6.58 Å². The Kier molecular flexibility index (Phi) is 5.93. The summed E-state index contributed by atoms with van der Waals surface area (Å²) in [4.78, 5) is 31.6. The van der Waals surface area contributed by atoms with Crippen molar-refractivity contribution in [2.45, 2.75) is 13.8 Å². The zero-order chi connectivity index (χ0) is 20.1. The van der Waals surface area contributed by atoms with E-state index in [-0.39, 0.29) is 11.8 Å². The van der Waals surface area contributed by atoms with Crippen molar-refractivity contribution in [3.63, 3.8) is 0 Å². The van der Waals surface area contributed by atoms with Crippen LogP contribution in [0.25, 0.3) is 0 Å². The summed E-state index contributed by atoms with van der Waals surface area (Å²) in [5.74, 6) is 0.779. The molecule has 1 aliphatic rings. The van der Waals surface area contributed by atoms with E-state index in [9.17, 15) is 9.59 Å². The third-order valence-corrected chi connectivity index (χ3v) is 4.55. The number of hydrogen-bond donors (Lipinski definition) is 1. The van der Waals surface area contributed by atoms with Crippen LogP contribution in [-0.2, 0) is 9.59 Å². The number of benzene rings is 1. The van der Waals surface area contributed by atoms with Crippen molar-refractivity contribution in [3.05, 3.63) is 54.7 Å². The molecule has 2 aromatic rings. The molecule has 3 rings (SSSR count). The quantitative estimate of drug-likeness (QED) is 0.807. The first-order valence-electron chi connectivity index (χ1n) is 9.14. The van der Waals surface area contributed by atoms with Gasteiger partial charge < -0.3 is 19.9 Å². The highest BCUT2D eigenvalue weighted by molar-refractivity contribution is 6.03. The van der Waals surface area contributed by atoms with Gasteiger partial charge in [-0.3, -0.25) is 9.59 Å². The van der Waals surface area contributed by atoms with E-state index in [0.29, 0.717) is 22.9 Å². The standard InChI is InChI=1S/C21H24N4O3/c1-15(2)20(27)23-19-5-4-10-22-21(19)28-18-8-6-17(7-9-18)25-13-11-24(12-14-25)16(3)26/h4-10H,1,11-14H2,2-3H3,(H,23,27). The molecule has 1 saturated heterocycles. The number of anilines is 2. The molecule has 2 heterocycles. The maximum atomic E-state index is 11.9. The third-order valence-electron chi connectivity index (χ3n) is 4.55. The first-order valence-corrected chi connectivity index (χ1v) is 9.14. The second-order valence-electron chi connectivity index (χ2n) is 6.68. The fourth-order valence-corrected chi connectivity index (χ4v) is 2.91. The SMILES string of the molecule is C=C(C)C(=O)Nc1cccnc1Oc1ccc(N2CCN(C(C)=O)CC2)cc1. The van der Waals surface area contributed by atoms with Crippen molar-refractivity contribution in [2.24, 2.45) is 0 Å². The molecule has 0 unspecified atom stereocenters. The molecule has 1 fully saturated rings. The molecular formula is C21H24N4O3. The number of aromatic nitrogens is 1. The van der Waals surface area contributed by atoms with Crippen molar-refractivity contribution in [3.8, 4) is 11.6 Å². The van der Waals surface area contributed by atoms with Crippen LogP contribution < -0.4 is 15.0 Å². The summed E-state index contributed by atoms with van der Waals surface area (Å²) in [5.41, 5.74) is 1.97. The van der Waals surface area contributed by atoms with E-state index in [4.69, 9.17) is 4.74 Å². The van der Waals surface area contributed by atoms with E-state index in [1.54, 1.807) is 32.2 Å². The molecule has 7 heteroatoms. The van der Waals surface area contributed by atoms with Crippen LogP contribution in [0.2, 0.25) is 0 Å². The summed E-state index contributed by atoms with van der Waals surface area (Å²) in [6.07, 6.45) is 1.61. The Morgan fingerprint density at radius 1 is 1.07 bits per heavy atom. The number of ether oxygens (including phenoxy) is 1. The molecule has 7 nitrogen and oxygen atoms in total. The largest absolute Gasteiger partial charge is 0.437 e. The number of nitrogens with one attached hydrogen (secondary N) is 1. The van der Waals surface area contributed by atoms with E-state index >= 15 is 0 Å². The van der Waals surface area contributed by atoms with Gasteiger partial charge in [0.15, 0.2) is 0 Å². The highest BCUT2D eigenvalue weighted by atomic mass is 16.5. The van der Waals surface area contributed by atoms with Gasteiger partial charge in [-0.15, -0.1) is 0 Å². The van der Waals surface area contributed by atoms with Crippen LogP contribution in [0.4, 0.5) is 11.4 Å². The minimum absolute atomic E-state index is 0.119. The summed E-state index contributed by atoms with van der Waals surface area (Å²) < 4.78 is 5.85. The highest BCUT2D eigenvalue weighted by Gasteiger charge is 2.19. The van der Waals surface area contributed by atoms with Gasteiger partial charge in [0.05, 0.1) is 0 Å². The van der Waals surface area contributed by atoms with Crippen LogP contribution in [0.5, 0.6) is 11.6 Å². The fraction of sp³-hybridized carbons (Fsp3) is 0.286. The Labute approximate surface area is 164 Å². The summed E-state index contributed by atoms with van der Waals surface area (Å²) in [6.45, 7) is 9.94. The number of carbonyl (C=O) groups excluding carboxylic acids is 2. The lowest BCUT2D eigenvalue weighted by molar-refractivity contribution is -0.129. The summed E-state index contributed by atoms with van der Waals surface area (Å²) in [6, 6.07) is 11.1. The van der Waals surface area contributed by atoms with E-state index in [2.05, 4.69) is 21.8 Å². The lowest BCUT2D eigenvalue weighted by Gasteiger charge is -2.35. The predicted octanol–water partition coefficient (Wildman–Crippen LogP) is 3.06. The molecule has 1 aromatic heterocycles. The number of carbonyl (C=O) groups is 2. The molecule has 0 saturated carbocycles. The highest BCUT2D eigenvalue weighted by Crippen LogP contribution is 2.29. The molecule has 0 atom stereocenters. The summed E-state index contributed by atoms with van der Waals surface area (Å²) >= 11 is 0. The number of hydrogen-bond acceptors (Lipinski definition) is 5. The molecule has 0 bridgehead atoms. The fourth-order valence-electron chi connectivity index (χ4n) is 2.91. The molecule has 1 aliphatic heterocycles. The minimum atomic E-state index is -0.280. The van der Waals surface area contributed by atoms with E-state index in [1.165, 1.54) is 0 Å². The first-order chi connectivity index (χ1) is 13.4. The average molecular weight is 380 g/mol. The maximum Gasteiger partial charge on any atom is 0.250 e. The van der Waals surface area contributed by atoms with Gasteiger partial charge in [-0.05, 0) is 43.3 Å². The smallest absolute Gasteiger partial charge is 0.250 e. The maximum absolute atomic E-state index is 11.9. The second kappa shape index (κ2) is 8.56. The minimum Gasteiger partial charge on any atom is -0.437 e. The molecule has 1 aromatic carbocycles. The molecule has 2 amide bonds. The molecule has 28 heavy (non-hydrogen) atoms. The van der Waals surface area contributed by atoms with Crippen LogP contribution in [0, 0.1) is 0 Å². The van der Waals surface area contributed by atoms with Gasteiger partial charge in [-0.25, -0.2) is 4.98 Å². The number of pyridine rings is 1. The van der Waals surface area contributed by atoms with Gasteiger partial charge in [0, 0.05) is 50.6 Å². The van der Waals surface area contributed by atoms with Crippen LogP contribution >= 0.6 is 0 Å². The Bertz CT molecular complexity index is 871. The van der Waals surface area contributed by atoms with Crippen LogP contribution in [0.1, 0.15) is 13.8 Å². The normalized spacial score (nSPS) is 13.8. The molecular weight excluding hydrogens is 356 g/mol. The predicted molar refractivity (Wildman–Crippen MR) is 109 cm³/mol. The Hall–Kier alpha value is -3.35. The zero-order valence-electron chi connectivity index (χ0n) is 16.1. The third kappa shape index (κ3) is 4.68. The number of piperazine rings is 1. The molecule has 0 radical (unpaired) electrons. The van der Waals surface area contributed by atoms with E-state index in [1.807, 2.05) is 29.2 Å². The van der Waals surface area contributed by atoms with Crippen molar-refractivity contribution in [1.82, 2.24) is 9.88 Å². The van der Waals surface area contributed by atoms with Gasteiger partial charge >= 0.3 is 0 Å². The zero-order valence-corrected chi connectivity index (χ0v) is 16.1. The van der Waals surface area contributed by atoms with Crippen molar-refractivity contribution in [2.75, 3.05) is 36.4 Å². The van der Waals surface area contributed by atoms with E-state index < -0.39 is 0 Å². The summed E-state index contributed by atoms with van der Waals surface area (Å²) in [7, 11) is 0. The van der Waals surface area contributed by atoms with Crippen molar-refractivity contribution < 1.29 is 14.3 Å². The van der Waals surface area contributed by atoms with Crippen LogP contribution in [0.15, 0.2) is 54.7 Å². The number of nitrogens with zero attached hydrogens (tertiary/aromatic N) is 3. The van der Waals surface area contributed by atoms with Gasteiger partial charge in [-0.2, -0.15) is 0 Å². The monoisotopic (exact) mass is 380 g/mol. The molecule has 0 aliphatic carbocycles. The Balaban J connectivity index is 1.66. The number of rotatable bonds is 5. The second-order valence-corrected chi connectivity index (χ2v) is 6.68. The average Bonchev–Trinajstić information content (AvgIpc) is 2.70. The van der Waals surface area contributed by atoms with Gasteiger partial charge in [0.1, 0.15) is 11.4 Å². The Morgan fingerprint density at radius 2 is 1.75 bits per heavy atom. The molecule has 146 valence electrons. The first kappa shape index (κ1) is 19.4. The van der Waals surface area contributed by atoms with Crippen LogP contribution in [-0.4, -0.2) is 47.9 Å². The topological polar surface area (TPSA) is 74.8 Å². The molecule has 1 N–H and O–H groups in total.